The number of alkyl halides is 3. The average molecular weight is 281 g/mol. The van der Waals surface area contributed by atoms with Crippen molar-refractivity contribution in [3.8, 4) is 5.88 Å². The van der Waals surface area contributed by atoms with Crippen molar-refractivity contribution in [2.45, 2.75) is 25.2 Å². The lowest BCUT2D eigenvalue weighted by molar-refractivity contribution is -0.151. The molecule has 7 heteroatoms. The zero-order valence-corrected chi connectivity index (χ0v) is 10.4. The van der Waals surface area contributed by atoms with Gasteiger partial charge in [0.15, 0.2) is 0 Å². The van der Waals surface area contributed by atoms with Crippen LogP contribution >= 0.6 is 11.6 Å². The Labute approximate surface area is 108 Å². The Balaban J connectivity index is 2.22. The molecule has 3 nitrogen and oxygen atoms in total. The molecule has 1 aliphatic heterocycles. The molecule has 0 saturated carbocycles. The number of likely N-dealkylation sites (N-methyl/N-ethyl adjacent to an activating group) is 1. The fourth-order valence-electron chi connectivity index (χ4n) is 1.93. The highest BCUT2D eigenvalue weighted by atomic mass is 35.5. The number of hydrogen-bond donors (Lipinski definition) is 0. The molecule has 1 aromatic heterocycles. The Morgan fingerprint density at radius 1 is 1.50 bits per heavy atom. The van der Waals surface area contributed by atoms with Gasteiger partial charge in [-0.3, -0.25) is 4.90 Å². The summed E-state index contributed by atoms with van der Waals surface area (Å²) in [5, 5.41) is 0.212. The minimum atomic E-state index is -4.26. The van der Waals surface area contributed by atoms with Gasteiger partial charge in [-0.15, -0.1) is 0 Å². The fraction of sp³-hybridized carbons (Fsp3) is 0.545. The number of pyridine rings is 1. The summed E-state index contributed by atoms with van der Waals surface area (Å²) < 4.78 is 42.6. The lowest BCUT2D eigenvalue weighted by Crippen LogP contribution is -2.34. The van der Waals surface area contributed by atoms with E-state index in [0.717, 1.165) is 5.56 Å². The zero-order valence-electron chi connectivity index (χ0n) is 9.67. The van der Waals surface area contributed by atoms with E-state index in [1.807, 2.05) is 0 Å². The van der Waals surface area contributed by atoms with Crippen molar-refractivity contribution in [1.82, 2.24) is 9.88 Å². The predicted octanol–water partition coefficient (Wildman–Crippen LogP) is 2.88. The largest absolute Gasteiger partial charge is 0.472 e. The third-order valence-corrected chi connectivity index (χ3v) is 2.81. The molecule has 2 heterocycles. The number of halogens is 4. The van der Waals surface area contributed by atoms with Gasteiger partial charge in [0.25, 0.3) is 0 Å². The topological polar surface area (TPSA) is 25.4 Å². The molecular weight excluding hydrogens is 269 g/mol. The van der Waals surface area contributed by atoms with Crippen LogP contribution in [0.4, 0.5) is 13.2 Å². The molecule has 18 heavy (non-hydrogen) atoms. The van der Waals surface area contributed by atoms with E-state index in [-0.39, 0.29) is 17.6 Å². The van der Waals surface area contributed by atoms with Gasteiger partial charge in [-0.05, 0) is 19.2 Å². The summed E-state index contributed by atoms with van der Waals surface area (Å²) in [7, 11) is 1.75. The van der Waals surface area contributed by atoms with Crippen molar-refractivity contribution in [3.63, 3.8) is 0 Å². The van der Waals surface area contributed by atoms with Crippen molar-refractivity contribution < 1.29 is 17.9 Å². The van der Waals surface area contributed by atoms with Crippen molar-refractivity contribution in [2.24, 2.45) is 0 Å². The molecule has 2 rings (SSSR count). The molecule has 1 atom stereocenters. The molecule has 0 saturated heterocycles. The predicted molar refractivity (Wildman–Crippen MR) is 60.7 cm³/mol. The quantitative estimate of drug-likeness (QED) is 0.740. The second-order valence-electron chi connectivity index (χ2n) is 4.35. The highest BCUT2D eigenvalue weighted by Gasteiger charge is 2.35. The summed E-state index contributed by atoms with van der Waals surface area (Å²) in [6, 6.07) is 3.32. The first-order valence-electron chi connectivity index (χ1n) is 5.41. The van der Waals surface area contributed by atoms with Crippen LogP contribution in [0.25, 0.3) is 0 Å². The maximum Gasteiger partial charge on any atom is 0.392 e. The van der Waals surface area contributed by atoms with E-state index in [1.165, 1.54) is 0 Å². The van der Waals surface area contributed by atoms with Gasteiger partial charge in [0.2, 0.25) is 5.88 Å². The smallest absolute Gasteiger partial charge is 0.392 e. The van der Waals surface area contributed by atoms with E-state index in [1.54, 1.807) is 24.1 Å². The lowest BCUT2D eigenvalue weighted by Gasteiger charge is -2.20. The van der Waals surface area contributed by atoms with Crippen molar-refractivity contribution >= 4 is 11.6 Å². The van der Waals surface area contributed by atoms with Crippen molar-refractivity contribution in [3.05, 3.63) is 22.8 Å². The van der Waals surface area contributed by atoms with E-state index < -0.39 is 18.7 Å². The number of ether oxygens (including phenoxy) is 1. The minimum absolute atomic E-state index is 0.195. The number of hydrogen-bond acceptors (Lipinski definition) is 3. The maximum absolute atomic E-state index is 12.4. The fourth-order valence-corrected chi connectivity index (χ4v) is 2.07. The van der Waals surface area contributed by atoms with Gasteiger partial charge in [0.05, 0.1) is 6.42 Å². The molecule has 1 aliphatic rings. The standard InChI is InChI=1S/C11H12ClF3N2O/c1-17-5-7-2-3-9(12)16-10(7)18-8(6-17)4-11(13,14)15/h2-3,8H,4-6H2,1H3/t8-/m0/s1. The molecule has 1 aromatic rings. The van der Waals surface area contributed by atoms with Crippen LogP contribution in [0.2, 0.25) is 5.15 Å². The van der Waals surface area contributed by atoms with Gasteiger partial charge in [-0.2, -0.15) is 13.2 Å². The monoisotopic (exact) mass is 280 g/mol. The SMILES string of the molecule is CN1Cc2ccc(Cl)nc2O[C@@H](CC(F)(F)F)C1. The van der Waals surface area contributed by atoms with Crippen molar-refractivity contribution in [2.75, 3.05) is 13.6 Å². The molecule has 0 spiro atoms. The molecule has 0 N–H and O–H groups in total. The van der Waals surface area contributed by atoms with Gasteiger partial charge < -0.3 is 4.74 Å². The molecule has 100 valence electrons. The van der Waals surface area contributed by atoms with E-state index in [9.17, 15) is 13.2 Å². The van der Waals surface area contributed by atoms with E-state index >= 15 is 0 Å². The second kappa shape index (κ2) is 4.93. The van der Waals surface area contributed by atoms with Crippen LogP contribution in [0.5, 0.6) is 5.88 Å². The van der Waals surface area contributed by atoms with Crippen LogP contribution in [0.3, 0.4) is 0 Å². The molecular formula is C11H12ClF3N2O. The third kappa shape index (κ3) is 3.49. The number of aromatic nitrogens is 1. The molecule has 0 radical (unpaired) electrons. The number of fused-ring (bicyclic) bond motifs is 1. The van der Waals surface area contributed by atoms with Crippen LogP contribution in [-0.4, -0.2) is 35.8 Å². The third-order valence-electron chi connectivity index (χ3n) is 2.60. The van der Waals surface area contributed by atoms with E-state index in [4.69, 9.17) is 16.3 Å². The van der Waals surface area contributed by atoms with Gasteiger partial charge in [-0.25, -0.2) is 4.98 Å². The first kappa shape index (κ1) is 13.4. The molecule has 0 bridgehead atoms. The van der Waals surface area contributed by atoms with Gasteiger partial charge in [0, 0.05) is 18.7 Å². The van der Waals surface area contributed by atoms with Gasteiger partial charge in [-0.1, -0.05) is 11.6 Å². The lowest BCUT2D eigenvalue weighted by atomic mass is 10.2. The summed E-state index contributed by atoms with van der Waals surface area (Å²) in [4.78, 5) is 5.71. The summed E-state index contributed by atoms with van der Waals surface area (Å²) in [5.41, 5.74) is 0.742. The zero-order chi connectivity index (χ0) is 13.3. The summed E-state index contributed by atoms with van der Waals surface area (Å²) in [6.07, 6.45) is -6.21. The van der Waals surface area contributed by atoms with Crippen LogP contribution in [-0.2, 0) is 6.54 Å². The summed E-state index contributed by atoms with van der Waals surface area (Å²) in [5.74, 6) is 0.195. The number of nitrogens with zero attached hydrogens (tertiary/aromatic N) is 2. The van der Waals surface area contributed by atoms with Gasteiger partial charge >= 0.3 is 6.18 Å². The van der Waals surface area contributed by atoms with E-state index in [2.05, 4.69) is 4.98 Å². The second-order valence-corrected chi connectivity index (χ2v) is 4.74. The first-order valence-corrected chi connectivity index (χ1v) is 5.78. The van der Waals surface area contributed by atoms with Crippen LogP contribution in [0.1, 0.15) is 12.0 Å². The summed E-state index contributed by atoms with van der Waals surface area (Å²) in [6.45, 7) is 0.696. The highest BCUT2D eigenvalue weighted by Crippen LogP contribution is 2.29. The average Bonchev–Trinajstić information content (AvgIpc) is 2.32. The maximum atomic E-state index is 12.4. The molecule has 0 amide bonds. The Kier molecular flexibility index (Phi) is 3.68. The van der Waals surface area contributed by atoms with Gasteiger partial charge in [0.1, 0.15) is 11.3 Å². The Morgan fingerprint density at radius 2 is 2.22 bits per heavy atom. The number of rotatable bonds is 1. The normalized spacial score (nSPS) is 21.1. The minimum Gasteiger partial charge on any atom is -0.472 e. The Bertz CT molecular complexity index is 439. The first-order chi connectivity index (χ1) is 8.33. The summed E-state index contributed by atoms with van der Waals surface area (Å²) >= 11 is 5.72. The Morgan fingerprint density at radius 3 is 2.89 bits per heavy atom. The molecule has 0 unspecified atom stereocenters. The highest BCUT2D eigenvalue weighted by molar-refractivity contribution is 6.29. The van der Waals surface area contributed by atoms with Crippen LogP contribution < -0.4 is 4.74 Å². The molecule has 0 aliphatic carbocycles. The molecule has 0 aromatic carbocycles. The Hall–Kier alpha value is -1.01. The molecule has 0 fully saturated rings. The van der Waals surface area contributed by atoms with E-state index in [0.29, 0.717) is 6.54 Å². The van der Waals surface area contributed by atoms with Crippen LogP contribution in [0, 0.1) is 0 Å². The van der Waals surface area contributed by atoms with Crippen LogP contribution in [0.15, 0.2) is 12.1 Å². The van der Waals surface area contributed by atoms with Crippen molar-refractivity contribution in [1.29, 1.82) is 0 Å².